The van der Waals surface area contributed by atoms with Gasteiger partial charge in [0, 0.05) is 12.0 Å². The van der Waals surface area contributed by atoms with E-state index in [4.69, 9.17) is 0 Å². The van der Waals surface area contributed by atoms with Gasteiger partial charge in [-0.3, -0.25) is 0 Å². The molecule has 2 aromatic carbocycles. The van der Waals surface area contributed by atoms with Crippen LogP contribution in [0, 0.1) is 0 Å². The van der Waals surface area contributed by atoms with E-state index in [1.807, 2.05) is 30.3 Å². The van der Waals surface area contributed by atoms with E-state index in [0.29, 0.717) is 5.95 Å². The molecule has 3 aromatic rings. The summed E-state index contributed by atoms with van der Waals surface area (Å²) in [6, 6.07) is 20.7. The van der Waals surface area contributed by atoms with Gasteiger partial charge in [-0.2, -0.15) is 4.68 Å². The van der Waals surface area contributed by atoms with Crippen molar-refractivity contribution in [2.45, 2.75) is 24.7 Å². The molecule has 1 aromatic heterocycles. The molecule has 23 heavy (non-hydrogen) atoms. The Labute approximate surface area is 135 Å². The van der Waals surface area contributed by atoms with Crippen LogP contribution in [0.3, 0.4) is 0 Å². The highest BCUT2D eigenvalue weighted by molar-refractivity contribution is 5.40. The van der Waals surface area contributed by atoms with E-state index in [1.54, 1.807) is 4.68 Å². The quantitative estimate of drug-likeness (QED) is 0.786. The molecule has 0 saturated heterocycles. The maximum absolute atomic E-state index is 4.14. The van der Waals surface area contributed by atoms with Gasteiger partial charge in [-0.15, -0.1) is 0 Å². The minimum atomic E-state index is 0.203. The third-order valence-corrected chi connectivity index (χ3v) is 4.75. The van der Waals surface area contributed by atoms with E-state index in [9.17, 15) is 0 Å². The summed E-state index contributed by atoms with van der Waals surface area (Å²) in [5.41, 5.74) is 2.56. The van der Waals surface area contributed by atoms with Gasteiger partial charge in [0.15, 0.2) is 0 Å². The summed E-state index contributed by atoms with van der Waals surface area (Å²) in [5, 5.41) is 15.5. The number of hydrogen-bond donors (Lipinski definition) is 1. The van der Waals surface area contributed by atoms with Gasteiger partial charge in [0.2, 0.25) is 5.95 Å². The minimum absolute atomic E-state index is 0.203. The van der Waals surface area contributed by atoms with E-state index in [0.717, 1.165) is 12.2 Å². The Balaban J connectivity index is 1.55. The molecule has 5 nitrogen and oxygen atoms in total. The predicted molar refractivity (Wildman–Crippen MR) is 89.6 cm³/mol. The second kappa shape index (κ2) is 5.83. The number of para-hydroxylation sites is 1. The zero-order chi connectivity index (χ0) is 15.5. The summed E-state index contributed by atoms with van der Waals surface area (Å²) in [7, 11) is 0. The summed E-state index contributed by atoms with van der Waals surface area (Å²) in [6.45, 7) is 0.851. The molecular weight excluding hydrogens is 286 g/mol. The number of tetrazole rings is 1. The van der Waals surface area contributed by atoms with Gasteiger partial charge in [-0.1, -0.05) is 60.1 Å². The van der Waals surface area contributed by atoms with Gasteiger partial charge < -0.3 is 5.32 Å². The largest absolute Gasteiger partial charge is 0.352 e. The van der Waals surface area contributed by atoms with Gasteiger partial charge in [-0.05, 0) is 41.0 Å². The maximum atomic E-state index is 4.14. The average Bonchev–Trinajstić information content (AvgIpc) is 3.04. The summed E-state index contributed by atoms with van der Waals surface area (Å²) in [4.78, 5) is 0. The maximum Gasteiger partial charge on any atom is 0.247 e. The highest BCUT2D eigenvalue weighted by atomic mass is 15.6. The third-order valence-electron chi connectivity index (χ3n) is 4.75. The first kappa shape index (κ1) is 13.9. The van der Waals surface area contributed by atoms with E-state index in [2.05, 4.69) is 51.2 Å². The molecule has 0 bridgehead atoms. The smallest absolute Gasteiger partial charge is 0.247 e. The first-order chi connectivity index (χ1) is 11.4. The summed E-state index contributed by atoms with van der Waals surface area (Å²) >= 11 is 0. The molecule has 5 heteroatoms. The van der Waals surface area contributed by atoms with Gasteiger partial charge in [0.1, 0.15) is 0 Å². The number of rotatable bonds is 5. The minimum Gasteiger partial charge on any atom is -0.352 e. The van der Waals surface area contributed by atoms with Crippen LogP contribution in [0.5, 0.6) is 0 Å². The van der Waals surface area contributed by atoms with Crippen LogP contribution in [-0.2, 0) is 5.41 Å². The van der Waals surface area contributed by atoms with E-state index < -0.39 is 0 Å². The van der Waals surface area contributed by atoms with Crippen molar-refractivity contribution in [1.29, 1.82) is 0 Å². The molecule has 0 aliphatic heterocycles. The first-order valence-electron chi connectivity index (χ1n) is 8.01. The van der Waals surface area contributed by atoms with Crippen LogP contribution >= 0.6 is 0 Å². The average molecular weight is 305 g/mol. The van der Waals surface area contributed by atoms with E-state index in [-0.39, 0.29) is 5.41 Å². The van der Waals surface area contributed by atoms with Crippen LogP contribution < -0.4 is 5.32 Å². The first-order valence-corrected chi connectivity index (χ1v) is 8.01. The fourth-order valence-corrected chi connectivity index (χ4v) is 3.25. The standard InChI is InChI=1S/C18H19N5/c1-3-8-15(9-4-1)18(12-7-13-18)14-19-17-20-21-22-23(17)16-10-5-2-6-11-16/h1-6,8-11H,7,12-14H2,(H,19,20,22). The van der Waals surface area contributed by atoms with E-state index in [1.165, 1.54) is 24.8 Å². The predicted octanol–water partition coefficient (Wildman–Crippen LogP) is 3.20. The lowest BCUT2D eigenvalue weighted by molar-refractivity contribution is 0.260. The zero-order valence-electron chi connectivity index (χ0n) is 12.9. The number of hydrogen-bond acceptors (Lipinski definition) is 4. The molecular formula is C18H19N5. The molecule has 1 aliphatic carbocycles. The van der Waals surface area contributed by atoms with Crippen LogP contribution in [0.4, 0.5) is 5.95 Å². The van der Waals surface area contributed by atoms with Crippen LogP contribution in [0.2, 0.25) is 0 Å². The van der Waals surface area contributed by atoms with Gasteiger partial charge >= 0.3 is 0 Å². The van der Waals surface area contributed by atoms with Crippen molar-refractivity contribution in [2.24, 2.45) is 0 Å². The lowest BCUT2D eigenvalue weighted by Gasteiger charge is -2.42. The molecule has 1 fully saturated rings. The molecule has 1 heterocycles. The fourth-order valence-electron chi connectivity index (χ4n) is 3.25. The Morgan fingerprint density at radius 1 is 0.957 bits per heavy atom. The van der Waals surface area contributed by atoms with Crippen LogP contribution in [-0.4, -0.2) is 26.8 Å². The number of anilines is 1. The number of nitrogens with one attached hydrogen (secondary N) is 1. The lowest BCUT2D eigenvalue weighted by atomic mass is 9.64. The molecule has 0 atom stereocenters. The van der Waals surface area contributed by atoms with Crippen LogP contribution in [0.25, 0.3) is 5.69 Å². The van der Waals surface area contributed by atoms with Crippen molar-refractivity contribution in [3.05, 3.63) is 66.2 Å². The second-order valence-corrected chi connectivity index (χ2v) is 6.10. The van der Waals surface area contributed by atoms with E-state index >= 15 is 0 Å². The normalized spacial score (nSPS) is 15.8. The van der Waals surface area contributed by atoms with Gasteiger partial charge in [0.25, 0.3) is 0 Å². The summed E-state index contributed by atoms with van der Waals surface area (Å²) in [6.07, 6.45) is 3.69. The van der Waals surface area contributed by atoms with Crippen LogP contribution in [0.15, 0.2) is 60.7 Å². The Morgan fingerprint density at radius 3 is 2.30 bits per heavy atom. The van der Waals surface area contributed by atoms with Crippen molar-refractivity contribution in [2.75, 3.05) is 11.9 Å². The Morgan fingerprint density at radius 2 is 1.65 bits per heavy atom. The number of benzene rings is 2. The molecule has 0 radical (unpaired) electrons. The van der Waals surface area contributed by atoms with Crippen molar-refractivity contribution in [3.63, 3.8) is 0 Å². The lowest BCUT2D eigenvalue weighted by Crippen LogP contribution is -2.41. The van der Waals surface area contributed by atoms with Gasteiger partial charge in [-0.25, -0.2) is 0 Å². The number of nitrogens with zero attached hydrogens (tertiary/aromatic N) is 4. The zero-order valence-corrected chi connectivity index (χ0v) is 12.9. The third kappa shape index (κ3) is 2.59. The summed E-state index contributed by atoms with van der Waals surface area (Å²) in [5.74, 6) is 0.693. The second-order valence-electron chi connectivity index (χ2n) is 6.10. The highest BCUT2D eigenvalue weighted by Gasteiger charge is 2.38. The fraction of sp³-hybridized carbons (Fsp3) is 0.278. The molecule has 1 N–H and O–H groups in total. The molecule has 0 unspecified atom stereocenters. The monoisotopic (exact) mass is 305 g/mol. The Bertz CT molecular complexity index is 762. The van der Waals surface area contributed by atoms with Crippen molar-refractivity contribution in [1.82, 2.24) is 20.2 Å². The highest BCUT2D eigenvalue weighted by Crippen LogP contribution is 2.43. The molecule has 116 valence electrons. The topological polar surface area (TPSA) is 55.6 Å². The van der Waals surface area contributed by atoms with Crippen molar-refractivity contribution < 1.29 is 0 Å². The van der Waals surface area contributed by atoms with Crippen molar-refractivity contribution >= 4 is 5.95 Å². The molecule has 1 aliphatic rings. The summed E-state index contributed by atoms with van der Waals surface area (Å²) < 4.78 is 1.75. The van der Waals surface area contributed by atoms with Gasteiger partial charge in [0.05, 0.1) is 5.69 Å². The Hall–Kier alpha value is -2.69. The Kier molecular flexibility index (Phi) is 3.54. The molecule has 0 amide bonds. The van der Waals surface area contributed by atoms with Crippen molar-refractivity contribution in [3.8, 4) is 5.69 Å². The molecule has 0 spiro atoms. The molecule has 1 saturated carbocycles. The number of aromatic nitrogens is 4. The molecule has 4 rings (SSSR count). The van der Waals surface area contributed by atoms with Crippen LogP contribution in [0.1, 0.15) is 24.8 Å². The SMILES string of the molecule is c1ccc(-n2nnnc2NCC2(c3ccccc3)CCC2)cc1.